The third-order valence-corrected chi connectivity index (χ3v) is 11.6. The lowest BCUT2D eigenvalue weighted by atomic mass is 10.4. The van der Waals surface area contributed by atoms with Crippen molar-refractivity contribution < 1.29 is 4.12 Å². The molecule has 0 aliphatic rings. The average Bonchev–Trinajstić information content (AvgIpc) is 2.54. The van der Waals surface area contributed by atoms with Crippen molar-refractivity contribution in [2.75, 3.05) is 6.54 Å². The molecule has 0 bridgehead atoms. The zero-order valence-corrected chi connectivity index (χ0v) is 15.1. The lowest BCUT2D eigenvalue weighted by molar-refractivity contribution is 0.580. The number of hydrogen-bond donors (Lipinski definition) is 1. The van der Waals surface area contributed by atoms with Crippen LogP contribution >= 0.6 is 0 Å². The number of nitrogens with two attached hydrogens (primary N) is 1. The van der Waals surface area contributed by atoms with E-state index in [0.717, 1.165) is 19.0 Å². The van der Waals surface area contributed by atoms with Gasteiger partial charge in [-0.1, -0.05) is 60.7 Å². The van der Waals surface area contributed by atoms with Crippen LogP contribution < -0.4 is 16.1 Å². The summed E-state index contributed by atoms with van der Waals surface area (Å²) in [5.74, 6) is 0. The first kappa shape index (κ1) is 16.2. The Balaban J connectivity index is 2.20. The van der Waals surface area contributed by atoms with Gasteiger partial charge in [0, 0.05) is 0 Å². The largest absolute Gasteiger partial charge is 0.451 e. The second-order valence-corrected chi connectivity index (χ2v) is 12.1. The van der Waals surface area contributed by atoms with Gasteiger partial charge in [0.05, 0.1) is 0 Å². The zero-order valence-electron chi connectivity index (χ0n) is 13.0. The Labute approximate surface area is 130 Å². The summed E-state index contributed by atoms with van der Waals surface area (Å²) < 4.78 is 6.73. The lowest BCUT2D eigenvalue weighted by Gasteiger charge is -2.31. The molecule has 21 heavy (non-hydrogen) atoms. The van der Waals surface area contributed by atoms with Crippen molar-refractivity contribution in [2.24, 2.45) is 5.73 Å². The highest BCUT2D eigenvalue weighted by Crippen LogP contribution is 2.15. The van der Waals surface area contributed by atoms with Gasteiger partial charge in [-0.2, -0.15) is 0 Å². The van der Waals surface area contributed by atoms with Crippen LogP contribution in [0.5, 0.6) is 0 Å². The van der Waals surface area contributed by atoms with Crippen LogP contribution in [0.3, 0.4) is 0 Å². The first-order valence-corrected chi connectivity index (χ1v) is 12.5. The summed E-state index contributed by atoms with van der Waals surface area (Å²) >= 11 is 0. The molecule has 0 aromatic heterocycles. The van der Waals surface area contributed by atoms with Crippen LogP contribution in [0.1, 0.15) is 6.42 Å². The molecule has 0 aliphatic carbocycles. The van der Waals surface area contributed by atoms with Gasteiger partial charge in [0.15, 0.2) is 9.04 Å². The van der Waals surface area contributed by atoms with E-state index in [0.29, 0.717) is 0 Å². The van der Waals surface area contributed by atoms with Crippen molar-refractivity contribution in [1.82, 2.24) is 0 Å². The second-order valence-electron chi connectivity index (χ2n) is 5.66. The van der Waals surface area contributed by atoms with Crippen molar-refractivity contribution in [3.8, 4) is 0 Å². The molecule has 0 fully saturated rings. The smallest absolute Gasteiger partial charge is 0.209 e. The Hall–Kier alpha value is -1.21. The standard InChI is InChI=1S/C17H25NOSi2/c1-20(16-10-5-3-6-11-16)19-21(2,15-9-14-18)17-12-7-4-8-13-17/h3-8,10-13,20H,9,14-15,18H2,1-2H3. The van der Waals surface area contributed by atoms with Crippen LogP contribution in [0.25, 0.3) is 0 Å². The molecule has 0 saturated carbocycles. The molecule has 2 aromatic rings. The Bertz CT molecular complexity index is 535. The summed E-state index contributed by atoms with van der Waals surface area (Å²) in [6.45, 7) is 5.36. The Morgan fingerprint density at radius 2 is 1.57 bits per heavy atom. The van der Waals surface area contributed by atoms with E-state index in [4.69, 9.17) is 9.85 Å². The van der Waals surface area contributed by atoms with Crippen molar-refractivity contribution >= 4 is 27.7 Å². The average molecular weight is 316 g/mol. The van der Waals surface area contributed by atoms with Gasteiger partial charge >= 0.3 is 0 Å². The third kappa shape index (κ3) is 4.38. The monoisotopic (exact) mass is 315 g/mol. The molecule has 0 amide bonds. The third-order valence-electron chi connectivity index (χ3n) is 3.95. The van der Waals surface area contributed by atoms with Crippen molar-refractivity contribution in [2.45, 2.75) is 25.6 Å². The first-order valence-electron chi connectivity index (χ1n) is 7.64. The maximum absolute atomic E-state index is 6.73. The summed E-state index contributed by atoms with van der Waals surface area (Å²) in [5, 5.41) is 2.76. The SMILES string of the molecule is C[SiH](O[Si](C)(CCCN)c1ccccc1)c1ccccc1. The Kier molecular flexibility index (Phi) is 5.93. The fourth-order valence-electron chi connectivity index (χ4n) is 2.68. The van der Waals surface area contributed by atoms with Gasteiger partial charge in [0.1, 0.15) is 0 Å². The van der Waals surface area contributed by atoms with Gasteiger partial charge in [-0.3, -0.25) is 0 Å². The molecular formula is C17H25NOSi2. The van der Waals surface area contributed by atoms with E-state index in [9.17, 15) is 0 Å². The molecule has 2 unspecified atom stereocenters. The van der Waals surface area contributed by atoms with E-state index >= 15 is 0 Å². The van der Waals surface area contributed by atoms with Crippen LogP contribution in [-0.4, -0.2) is 23.9 Å². The maximum Gasteiger partial charge on any atom is 0.209 e. The van der Waals surface area contributed by atoms with Gasteiger partial charge in [-0.15, -0.1) is 0 Å². The van der Waals surface area contributed by atoms with Gasteiger partial charge in [-0.25, -0.2) is 0 Å². The number of rotatable bonds is 7. The van der Waals surface area contributed by atoms with Crippen LogP contribution in [0.4, 0.5) is 0 Å². The molecule has 4 heteroatoms. The summed E-state index contributed by atoms with van der Waals surface area (Å²) in [6.07, 6.45) is 1.04. The van der Waals surface area contributed by atoms with Crippen molar-refractivity contribution in [3.63, 3.8) is 0 Å². The zero-order chi connectivity index (χ0) is 15.1. The minimum absolute atomic E-state index is 0.736. The fraction of sp³-hybridized carbons (Fsp3) is 0.294. The molecule has 2 atom stereocenters. The predicted molar refractivity (Wildman–Crippen MR) is 96.3 cm³/mol. The second kappa shape index (κ2) is 7.70. The van der Waals surface area contributed by atoms with Gasteiger partial charge in [-0.05, 0) is 42.5 Å². The highest BCUT2D eigenvalue weighted by atomic mass is 28.4. The number of benzene rings is 2. The highest BCUT2D eigenvalue weighted by Gasteiger charge is 2.32. The van der Waals surface area contributed by atoms with E-state index in [1.54, 1.807) is 0 Å². The quantitative estimate of drug-likeness (QED) is 0.794. The molecule has 112 valence electrons. The molecule has 2 nitrogen and oxygen atoms in total. The Morgan fingerprint density at radius 3 is 2.14 bits per heavy atom. The molecule has 2 rings (SSSR count). The topological polar surface area (TPSA) is 35.2 Å². The molecule has 0 saturated heterocycles. The molecule has 0 aliphatic heterocycles. The van der Waals surface area contributed by atoms with Gasteiger partial charge in [0.25, 0.3) is 0 Å². The van der Waals surface area contributed by atoms with E-state index in [1.165, 1.54) is 10.4 Å². The molecule has 0 spiro atoms. The molecule has 0 radical (unpaired) electrons. The van der Waals surface area contributed by atoms with Crippen LogP contribution in [0.2, 0.25) is 19.1 Å². The van der Waals surface area contributed by atoms with E-state index in [1.807, 2.05) is 0 Å². The van der Waals surface area contributed by atoms with E-state index in [2.05, 4.69) is 73.8 Å². The normalized spacial score (nSPS) is 15.4. The molecular weight excluding hydrogens is 290 g/mol. The van der Waals surface area contributed by atoms with Crippen LogP contribution in [0.15, 0.2) is 60.7 Å². The summed E-state index contributed by atoms with van der Waals surface area (Å²) in [5.41, 5.74) is 5.73. The predicted octanol–water partition coefficient (Wildman–Crippen LogP) is 2.10. The van der Waals surface area contributed by atoms with Crippen LogP contribution in [-0.2, 0) is 4.12 Å². The summed E-state index contributed by atoms with van der Waals surface area (Å²) in [6, 6.07) is 22.5. The van der Waals surface area contributed by atoms with Gasteiger partial charge < -0.3 is 9.85 Å². The van der Waals surface area contributed by atoms with Crippen LogP contribution in [0, 0.1) is 0 Å². The summed E-state index contributed by atoms with van der Waals surface area (Å²) in [7, 11) is -3.29. The number of hydrogen-bond acceptors (Lipinski definition) is 2. The van der Waals surface area contributed by atoms with Crippen molar-refractivity contribution in [3.05, 3.63) is 60.7 Å². The Morgan fingerprint density at radius 1 is 1.00 bits per heavy atom. The molecule has 2 aromatic carbocycles. The summed E-state index contributed by atoms with van der Waals surface area (Å²) in [4.78, 5) is 0. The maximum atomic E-state index is 6.73. The minimum atomic E-state index is -1.91. The molecule has 2 N–H and O–H groups in total. The fourth-order valence-corrected chi connectivity index (χ4v) is 10.2. The lowest BCUT2D eigenvalue weighted by Crippen LogP contribution is -2.53. The van der Waals surface area contributed by atoms with E-state index in [-0.39, 0.29) is 0 Å². The van der Waals surface area contributed by atoms with E-state index < -0.39 is 17.4 Å². The van der Waals surface area contributed by atoms with Crippen molar-refractivity contribution in [1.29, 1.82) is 0 Å². The molecule has 0 heterocycles. The minimum Gasteiger partial charge on any atom is -0.451 e. The first-order chi connectivity index (χ1) is 10.2. The van der Waals surface area contributed by atoms with Gasteiger partial charge in [0.2, 0.25) is 8.32 Å². The highest BCUT2D eigenvalue weighted by molar-refractivity contribution is 6.91.